The molecule has 0 radical (unpaired) electrons. The summed E-state index contributed by atoms with van der Waals surface area (Å²) < 4.78 is 13.7. The van der Waals surface area contributed by atoms with Gasteiger partial charge in [0.1, 0.15) is 5.65 Å². The molecule has 1 unspecified atom stereocenters. The summed E-state index contributed by atoms with van der Waals surface area (Å²) in [5.41, 5.74) is 1.49. The zero-order chi connectivity index (χ0) is 23.7. The Balaban J connectivity index is 1.54. The lowest BCUT2D eigenvalue weighted by Gasteiger charge is -2.16. The van der Waals surface area contributed by atoms with Crippen LogP contribution in [0.1, 0.15) is 28.9 Å². The number of rotatable bonds is 6. The normalized spacial score (nSPS) is 15.7. The zero-order valence-corrected chi connectivity index (χ0v) is 19.3. The van der Waals surface area contributed by atoms with Crippen molar-refractivity contribution in [1.82, 2.24) is 18.9 Å². The average molecular weight is 479 g/mol. The number of carbonyl (C=O) groups is 1. The molecule has 1 fully saturated rings. The lowest BCUT2D eigenvalue weighted by atomic mass is 10.1. The van der Waals surface area contributed by atoms with Crippen molar-refractivity contribution in [2.24, 2.45) is 0 Å². The second kappa shape index (κ2) is 9.40. The summed E-state index contributed by atoms with van der Waals surface area (Å²) in [6, 6.07) is 11.6. The van der Waals surface area contributed by atoms with Crippen LogP contribution in [0.15, 0.2) is 63.4 Å². The highest BCUT2D eigenvalue weighted by Crippen LogP contribution is 2.24. The summed E-state index contributed by atoms with van der Waals surface area (Å²) in [7, 11) is 1.31. The molecule has 5 rings (SSSR count). The molecule has 4 heterocycles. The first-order chi connectivity index (χ1) is 16.5. The average Bonchev–Trinajstić information content (AvgIpc) is 3.37. The molecule has 0 saturated carbocycles. The van der Waals surface area contributed by atoms with Gasteiger partial charge in [-0.1, -0.05) is 17.8 Å². The van der Waals surface area contributed by atoms with E-state index < -0.39 is 5.97 Å². The number of fused-ring (bicyclic) bond motifs is 2. The maximum atomic E-state index is 13.4. The molecular formula is C24H22N4O5S. The second-order valence-corrected chi connectivity index (χ2v) is 8.91. The first kappa shape index (κ1) is 22.3. The van der Waals surface area contributed by atoms with Crippen molar-refractivity contribution in [3.05, 3.63) is 80.6 Å². The van der Waals surface area contributed by atoms with Crippen molar-refractivity contribution in [2.75, 3.05) is 13.7 Å². The minimum Gasteiger partial charge on any atom is -0.465 e. The molecule has 0 N–H and O–H groups in total. The van der Waals surface area contributed by atoms with E-state index in [2.05, 4.69) is 4.98 Å². The molecule has 1 saturated heterocycles. The molecular weight excluding hydrogens is 456 g/mol. The summed E-state index contributed by atoms with van der Waals surface area (Å²) in [5, 5.41) is 0.891. The molecule has 34 heavy (non-hydrogen) atoms. The third kappa shape index (κ3) is 4.34. The van der Waals surface area contributed by atoms with Crippen molar-refractivity contribution in [3.8, 4) is 0 Å². The van der Waals surface area contributed by atoms with Crippen LogP contribution in [0.25, 0.3) is 16.6 Å². The minimum atomic E-state index is -0.498. The van der Waals surface area contributed by atoms with Crippen LogP contribution in [-0.2, 0) is 21.8 Å². The summed E-state index contributed by atoms with van der Waals surface area (Å²) >= 11 is 1.32. The molecule has 1 atom stereocenters. The maximum absolute atomic E-state index is 13.4. The van der Waals surface area contributed by atoms with Gasteiger partial charge in [-0.05, 0) is 43.2 Å². The predicted octanol–water partition coefficient (Wildman–Crippen LogP) is 2.66. The first-order valence-electron chi connectivity index (χ1n) is 10.9. The number of hydrogen-bond acceptors (Lipinski definition) is 8. The van der Waals surface area contributed by atoms with E-state index >= 15 is 0 Å². The summed E-state index contributed by atoms with van der Waals surface area (Å²) in [5.74, 6) is -0.150. The molecule has 0 aliphatic carbocycles. The highest BCUT2D eigenvalue weighted by atomic mass is 32.2. The van der Waals surface area contributed by atoms with Crippen LogP contribution in [0.2, 0.25) is 0 Å². The van der Waals surface area contributed by atoms with Gasteiger partial charge in [-0.25, -0.2) is 14.8 Å². The van der Waals surface area contributed by atoms with E-state index in [4.69, 9.17) is 14.5 Å². The third-order valence-electron chi connectivity index (χ3n) is 5.72. The molecule has 3 aromatic heterocycles. The van der Waals surface area contributed by atoms with E-state index in [9.17, 15) is 14.4 Å². The number of hydrogen-bond donors (Lipinski definition) is 0. The standard InChI is InChI=1S/C24H22N4O5S/c1-32-23(31)15-7-8-18-19(11-15)26-24(28(22(18)30)13-17-5-4-10-33-17)34-14-16-12-21(29)27-9-3-2-6-20(27)25-16/h2-3,6-9,11-12,17H,4-5,10,13-14H2,1H3. The van der Waals surface area contributed by atoms with Crippen molar-refractivity contribution in [1.29, 1.82) is 0 Å². The van der Waals surface area contributed by atoms with Crippen LogP contribution in [0.3, 0.4) is 0 Å². The molecule has 1 aromatic carbocycles. The van der Waals surface area contributed by atoms with Gasteiger partial charge in [0.15, 0.2) is 5.16 Å². The molecule has 1 aliphatic heterocycles. The minimum absolute atomic E-state index is 0.0610. The number of nitrogens with zero attached hydrogens (tertiary/aromatic N) is 4. The Morgan fingerprint density at radius 3 is 2.88 bits per heavy atom. The van der Waals surface area contributed by atoms with Gasteiger partial charge >= 0.3 is 5.97 Å². The highest BCUT2D eigenvalue weighted by molar-refractivity contribution is 7.98. The third-order valence-corrected chi connectivity index (χ3v) is 6.73. The SMILES string of the molecule is COC(=O)c1ccc2c(=O)n(CC3CCCO3)c(SCc3cc(=O)n4ccccc4n3)nc2c1. The molecule has 4 aromatic rings. The molecule has 1 aliphatic rings. The first-order valence-corrected chi connectivity index (χ1v) is 11.9. The Morgan fingerprint density at radius 2 is 2.09 bits per heavy atom. The zero-order valence-electron chi connectivity index (χ0n) is 18.5. The van der Waals surface area contributed by atoms with Crippen molar-refractivity contribution in [3.63, 3.8) is 0 Å². The van der Waals surface area contributed by atoms with Gasteiger partial charge < -0.3 is 9.47 Å². The second-order valence-electron chi connectivity index (χ2n) is 7.97. The Hall–Kier alpha value is -3.50. The number of pyridine rings is 1. The fourth-order valence-corrected chi connectivity index (χ4v) is 4.93. The number of aromatic nitrogens is 4. The van der Waals surface area contributed by atoms with Gasteiger partial charge in [-0.2, -0.15) is 0 Å². The molecule has 9 nitrogen and oxygen atoms in total. The number of methoxy groups -OCH3 is 1. The van der Waals surface area contributed by atoms with E-state index in [1.54, 1.807) is 41.1 Å². The molecule has 0 amide bonds. The number of esters is 1. The quantitative estimate of drug-likeness (QED) is 0.237. The van der Waals surface area contributed by atoms with E-state index in [1.807, 2.05) is 6.07 Å². The summed E-state index contributed by atoms with van der Waals surface area (Å²) in [4.78, 5) is 47.1. The van der Waals surface area contributed by atoms with Gasteiger partial charge in [0.25, 0.3) is 11.1 Å². The number of benzene rings is 1. The number of thioether (sulfide) groups is 1. The molecule has 174 valence electrons. The van der Waals surface area contributed by atoms with Crippen molar-refractivity contribution >= 4 is 34.3 Å². The summed E-state index contributed by atoms with van der Waals surface area (Å²) in [6.45, 7) is 1.06. The van der Waals surface area contributed by atoms with Crippen LogP contribution in [0.5, 0.6) is 0 Å². The largest absolute Gasteiger partial charge is 0.465 e. The Labute approximate surface area is 198 Å². The fraction of sp³-hybridized carbons (Fsp3) is 0.292. The highest BCUT2D eigenvalue weighted by Gasteiger charge is 2.21. The smallest absolute Gasteiger partial charge is 0.337 e. The molecule has 0 spiro atoms. The summed E-state index contributed by atoms with van der Waals surface area (Å²) in [6.07, 6.45) is 3.44. The van der Waals surface area contributed by atoms with Gasteiger partial charge in [-0.15, -0.1) is 0 Å². The Bertz CT molecular complexity index is 1510. The van der Waals surface area contributed by atoms with Gasteiger partial charge in [0, 0.05) is 24.6 Å². The maximum Gasteiger partial charge on any atom is 0.337 e. The van der Waals surface area contributed by atoms with Crippen molar-refractivity contribution < 1.29 is 14.3 Å². The Kier molecular flexibility index (Phi) is 6.16. The fourth-order valence-electron chi connectivity index (χ4n) is 4.02. The predicted molar refractivity (Wildman–Crippen MR) is 127 cm³/mol. The lowest BCUT2D eigenvalue weighted by Crippen LogP contribution is -2.29. The van der Waals surface area contributed by atoms with Crippen molar-refractivity contribution in [2.45, 2.75) is 36.4 Å². The van der Waals surface area contributed by atoms with Gasteiger partial charge in [0.05, 0.1) is 41.9 Å². The molecule has 10 heteroatoms. The van der Waals surface area contributed by atoms with E-state index in [0.29, 0.717) is 51.9 Å². The topological polar surface area (TPSA) is 105 Å². The van der Waals surface area contributed by atoms with Gasteiger partial charge in [0.2, 0.25) is 0 Å². The number of carbonyl (C=O) groups excluding carboxylic acids is 1. The van der Waals surface area contributed by atoms with E-state index in [0.717, 1.165) is 12.8 Å². The van der Waals surface area contributed by atoms with Crippen LogP contribution in [0.4, 0.5) is 0 Å². The van der Waals surface area contributed by atoms with Crippen LogP contribution >= 0.6 is 11.8 Å². The van der Waals surface area contributed by atoms with E-state index in [-0.39, 0.29) is 17.2 Å². The monoisotopic (exact) mass is 478 g/mol. The lowest BCUT2D eigenvalue weighted by molar-refractivity contribution is 0.0601. The van der Waals surface area contributed by atoms with Crippen LogP contribution in [0, 0.1) is 0 Å². The molecule has 0 bridgehead atoms. The Morgan fingerprint density at radius 1 is 1.21 bits per heavy atom. The number of ether oxygens (including phenoxy) is 2. The van der Waals surface area contributed by atoms with Gasteiger partial charge in [-0.3, -0.25) is 18.6 Å². The van der Waals surface area contributed by atoms with E-state index in [1.165, 1.54) is 29.3 Å². The van der Waals surface area contributed by atoms with Crippen LogP contribution < -0.4 is 11.1 Å². The van der Waals surface area contributed by atoms with Crippen LogP contribution in [-0.4, -0.2) is 44.7 Å².